The highest BCUT2D eigenvalue weighted by atomic mass is 32.2. The van der Waals surface area contributed by atoms with Gasteiger partial charge < -0.3 is 10.1 Å². The van der Waals surface area contributed by atoms with Gasteiger partial charge in [-0.05, 0) is 48.0 Å². The second-order valence-electron chi connectivity index (χ2n) is 6.67. The summed E-state index contributed by atoms with van der Waals surface area (Å²) in [5.41, 5.74) is 2.72. The Bertz CT molecular complexity index is 879. The van der Waals surface area contributed by atoms with Crippen molar-refractivity contribution < 1.29 is 9.53 Å². The number of ether oxygens (including phenoxy) is 1. The van der Waals surface area contributed by atoms with E-state index in [0.29, 0.717) is 24.0 Å². The highest BCUT2D eigenvalue weighted by Crippen LogP contribution is 2.23. The highest BCUT2D eigenvalue weighted by Gasteiger charge is 2.06. The van der Waals surface area contributed by atoms with Crippen molar-refractivity contribution in [1.82, 2.24) is 10.3 Å². The maximum Gasteiger partial charge on any atom is 0.251 e. The van der Waals surface area contributed by atoms with Gasteiger partial charge in [-0.25, -0.2) is 0 Å². The third-order valence-corrected chi connectivity index (χ3v) is 5.01. The first-order valence-electron chi connectivity index (χ1n) is 9.26. The summed E-state index contributed by atoms with van der Waals surface area (Å²) in [4.78, 5) is 17.6. The van der Waals surface area contributed by atoms with E-state index < -0.39 is 0 Å². The number of amides is 1. The fourth-order valence-electron chi connectivity index (χ4n) is 2.60. The zero-order valence-corrected chi connectivity index (χ0v) is 16.9. The molecule has 0 fully saturated rings. The monoisotopic (exact) mass is 392 g/mol. The van der Waals surface area contributed by atoms with Crippen molar-refractivity contribution >= 4 is 17.7 Å². The Morgan fingerprint density at radius 3 is 2.43 bits per heavy atom. The molecule has 1 heterocycles. The standard InChI is InChI=1S/C23H24N2O2S/c1-17(2)28-22-11-7-20(8-12-22)23(26)25-15-18-5-9-21(10-6-18)27-16-19-4-3-13-24-14-19/h3-14,17H,15-16H2,1-2H3,(H,25,26). The molecule has 3 aromatic rings. The van der Waals surface area contributed by atoms with Crippen LogP contribution in [0.15, 0.2) is 78.0 Å². The van der Waals surface area contributed by atoms with Crippen LogP contribution in [0, 0.1) is 0 Å². The lowest BCUT2D eigenvalue weighted by Crippen LogP contribution is -2.22. The lowest BCUT2D eigenvalue weighted by Gasteiger charge is -2.09. The number of nitrogens with one attached hydrogen (secondary N) is 1. The molecule has 4 nitrogen and oxygen atoms in total. The van der Waals surface area contributed by atoms with Crippen LogP contribution in [0.2, 0.25) is 0 Å². The van der Waals surface area contributed by atoms with E-state index in [9.17, 15) is 4.79 Å². The van der Waals surface area contributed by atoms with Gasteiger partial charge in [-0.15, -0.1) is 11.8 Å². The number of thioether (sulfide) groups is 1. The molecule has 28 heavy (non-hydrogen) atoms. The summed E-state index contributed by atoms with van der Waals surface area (Å²) < 4.78 is 5.75. The number of benzene rings is 2. The molecule has 0 spiro atoms. The summed E-state index contributed by atoms with van der Waals surface area (Å²) in [6.45, 7) is 5.26. The van der Waals surface area contributed by atoms with Crippen LogP contribution >= 0.6 is 11.8 Å². The topological polar surface area (TPSA) is 51.2 Å². The molecule has 2 aromatic carbocycles. The molecule has 0 saturated heterocycles. The zero-order valence-electron chi connectivity index (χ0n) is 16.1. The number of carbonyl (C=O) groups excluding carboxylic acids is 1. The van der Waals surface area contributed by atoms with Gasteiger partial charge in [0.2, 0.25) is 0 Å². The summed E-state index contributed by atoms with van der Waals surface area (Å²) in [5.74, 6) is 0.718. The van der Waals surface area contributed by atoms with Gasteiger partial charge in [-0.2, -0.15) is 0 Å². The van der Waals surface area contributed by atoms with E-state index in [1.807, 2.05) is 60.7 Å². The molecule has 0 aliphatic heterocycles. The number of nitrogens with zero attached hydrogens (tertiary/aromatic N) is 1. The molecule has 5 heteroatoms. The average Bonchev–Trinajstić information content (AvgIpc) is 2.72. The average molecular weight is 393 g/mol. The summed E-state index contributed by atoms with van der Waals surface area (Å²) in [7, 11) is 0. The van der Waals surface area contributed by atoms with E-state index in [1.54, 1.807) is 24.2 Å². The van der Waals surface area contributed by atoms with Gasteiger partial charge in [0.25, 0.3) is 5.91 Å². The molecular weight excluding hydrogens is 368 g/mol. The first-order valence-corrected chi connectivity index (χ1v) is 10.1. The van der Waals surface area contributed by atoms with Crippen LogP contribution in [0.1, 0.15) is 35.3 Å². The van der Waals surface area contributed by atoms with Crippen LogP contribution in [0.3, 0.4) is 0 Å². The van der Waals surface area contributed by atoms with Crippen molar-refractivity contribution in [3.8, 4) is 5.75 Å². The van der Waals surface area contributed by atoms with Crippen LogP contribution in [0.25, 0.3) is 0 Å². The maximum absolute atomic E-state index is 12.3. The fourth-order valence-corrected chi connectivity index (χ4v) is 3.43. The quantitative estimate of drug-likeness (QED) is 0.543. The minimum atomic E-state index is -0.0713. The van der Waals surface area contributed by atoms with Crippen LogP contribution in [0.5, 0.6) is 5.75 Å². The fraction of sp³-hybridized carbons (Fsp3) is 0.217. The maximum atomic E-state index is 12.3. The van der Waals surface area contributed by atoms with E-state index in [-0.39, 0.29) is 5.91 Å². The van der Waals surface area contributed by atoms with Gasteiger partial charge in [0.15, 0.2) is 0 Å². The molecule has 0 radical (unpaired) electrons. The minimum absolute atomic E-state index is 0.0713. The van der Waals surface area contributed by atoms with Crippen molar-refractivity contribution in [3.63, 3.8) is 0 Å². The van der Waals surface area contributed by atoms with Gasteiger partial charge in [-0.3, -0.25) is 9.78 Å². The third kappa shape index (κ3) is 6.13. The molecule has 3 rings (SSSR count). The van der Waals surface area contributed by atoms with Crippen LogP contribution in [0.4, 0.5) is 0 Å². The molecule has 0 atom stereocenters. The lowest BCUT2D eigenvalue weighted by molar-refractivity contribution is 0.0951. The Balaban J connectivity index is 1.48. The molecule has 1 N–H and O–H groups in total. The minimum Gasteiger partial charge on any atom is -0.489 e. The van der Waals surface area contributed by atoms with Crippen molar-refractivity contribution in [3.05, 3.63) is 89.7 Å². The largest absolute Gasteiger partial charge is 0.489 e. The van der Waals surface area contributed by atoms with Gasteiger partial charge >= 0.3 is 0 Å². The lowest BCUT2D eigenvalue weighted by atomic mass is 10.2. The number of hydrogen-bond acceptors (Lipinski definition) is 4. The van der Waals surface area contributed by atoms with E-state index in [0.717, 1.165) is 16.9 Å². The van der Waals surface area contributed by atoms with Crippen LogP contribution in [-0.4, -0.2) is 16.1 Å². The number of carbonyl (C=O) groups is 1. The third-order valence-electron chi connectivity index (χ3n) is 3.99. The summed E-state index contributed by atoms with van der Waals surface area (Å²) in [6.07, 6.45) is 3.53. The van der Waals surface area contributed by atoms with Gasteiger partial charge in [0, 0.05) is 40.2 Å². The first kappa shape index (κ1) is 20.0. The molecule has 1 aromatic heterocycles. The first-order chi connectivity index (χ1) is 13.6. The van der Waals surface area contributed by atoms with Crippen LogP contribution in [-0.2, 0) is 13.2 Å². The molecule has 0 saturated carbocycles. The number of aromatic nitrogens is 1. The Morgan fingerprint density at radius 2 is 1.79 bits per heavy atom. The second kappa shape index (κ2) is 9.95. The molecule has 0 bridgehead atoms. The molecule has 0 unspecified atom stereocenters. The van der Waals surface area contributed by atoms with Crippen molar-refractivity contribution in [2.45, 2.75) is 37.1 Å². The second-order valence-corrected chi connectivity index (χ2v) is 8.32. The Morgan fingerprint density at radius 1 is 1.04 bits per heavy atom. The Hall–Kier alpha value is -2.79. The molecule has 1 amide bonds. The van der Waals surface area contributed by atoms with E-state index in [2.05, 4.69) is 24.1 Å². The number of hydrogen-bond donors (Lipinski definition) is 1. The summed E-state index contributed by atoms with van der Waals surface area (Å²) in [5, 5.41) is 3.48. The normalized spacial score (nSPS) is 10.7. The number of pyridine rings is 1. The SMILES string of the molecule is CC(C)Sc1ccc(C(=O)NCc2ccc(OCc3cccnc3)cc2)cc1. The van der Waals surface area contributed by atoms with Gasteiger partial charge in [-0.1, -0.05) is 32.0 Å². The summed E-state index contributed by atoms with van der Waals surface area (Å²) in [6, 6.07) is 19.3. The van der Waals surface area contributed by atoms with Crippen molar-refractivity contribution in [2.24, 2.45) is 0 Å². The van der Waals surface area contributed by atoms with E-state index >= 15 is 0 Å². The molecular formula is C23H24N2O2S. The summed E-state index contributed by atoms with van der Waals surface area (Å²) >= 11 is 1.79. The van der Waals surface area contributed by atoms with E-state index in [4.69, 9.17) is 4.74 Å². The Labute approximate surface area is 170 Å². The Kier molecular flexibility index (Phi) is 7.09. The molecule has 0 aliphatic carbocycles. The molecule has 0 aliphatic rings. The highest BCUT2D eigenvalue weighted by molar-refractivity contribution is 7.99. The predicted octanol–water partition coefficient (Wildman–Crippen LogP) is 5.09. The smallest absolute Gasteiger partial charge is 0.251 e. The van der Waals surface area contributed by atoms with Crippen molar-refractivity contribution in [2.75, 3.05) is 0 Å². The van der Waals surface area contributed by atoms with Gasteiger partial charge in [0.1, 0.15) is 12.4 Å². The number of rotatable bonds is 8. The van der Waals surface area contributed by atoms with Gasteiger partial charge in [0.05, 0.1) is 0 Å². The van der Waals surface area contributed by atoms with E-state index in [1.165, 1.54) is 4.90 Å². The van der Waals surface area contributed by atoms with Crippen LogP contribution < -0.4 is 10.1 Å². The molecule has 144 valence electrons. The zero-order chi connectivity index (χ0) is 19.8. The van der Waals surface area contributed by atoms with Crippen molar-refractivity contribution in [1.29, 1.82) is 0 Å². The predicted molar refractivity (Wildman–Crippen MR) is 114 cm³/mol.